The normalized spacial score (nSPS) is 14.8. The van der Waals surface area contributed by atoms with E-state index in [-0.39, 0.29) is 17.6 Å². The zero-order chi connectivity index (χ0) is 13.9. The van der Waals surface area contributed by atoms with E-state index in [9.17, 15) is 9.18 Å². The maximum atomic E-state index is 13.5. The molecule has 0 unspecified atom stereocenters. The van der Waals surface area contributed by atoms with Crippen LogP contribution in [0, 0.1) is 11.7 Å². The maximum absolute atomic E-state index is 13.5. The van der Waals surface area contributed by atoms with E-state index in [0.29, 0.717) is 17.9 Å². The molecule has 4 nitrogen and oxygen atoms in total. The third kappa shape index (κ3) is 2.71. The van der Waals surface area contributed by atoms with Crippen molar-refractivity contribution in [3.63, 3.8) is 0 Å². The first-order chi connectivity index (χ1) is 9.72. The number of hydrogen-bond acceptors (Lipinski definition) is 2. The number of carbonyl (C=O) groups is 1. The van der Waals surface area contributed by atoms with Crippen LogP contribution in [-0.2, 0) is 11.3 Å². The molecule has 3 rings (SSSR count). The molecule has 1 heterocycles. The average Bonchev–Trinajstić information content (AvgIpc) is 2.77. The molecular formula is C15H16FN3O. The number of nitrogens with zero attached hydrogens (tertiary/aromatic N) is 2. The predicted octanol–water partition coefficient (Wildman–Crippen LogP) is 2.81. The second kappa shape index (κ2) is 5.45. The van der Waals surface area contributed by atoms with E-state index < -0.39 is 0 Å². The Labute approximate surface area is 116 Å². The minimum Gasteiger partial charge on any atom is -0.309 e. The predicted molar refractivity (Wildman–Crippen MR) is 73.7 cm³/mol. The number of amides is 1. The smallest absolute Gasteiger partial charge is 0.228 e. The highest BCUT2D eigenvalue weighted by atomic mass is 19.1. The average molecular weight is 273 g/mol. The van der Waals surface area contributed by atoms with E-state index in [0.717, 1.165) is 19.3 Å². The summed E-state index contributed by atoms with van der Waals surface area (Å²) in [5.41, 5.74) is 0.576. The summed E-state index contributed by atoms with van der Waals surface area (Å²) in [7, 11) is 0. The van der Waals surface area contributed by atoms with Gasteiger partial charge in [-0.05, 0) is 18.9 Å². The first kappa shape index (κ1) is 12.8. The minimum absolute atomic E-state index is 0.0346. The Balaban J connectivity index is 1.64. The van der Waals surface area contributed by atoms with Gasteiger partial charge in [-0.15, -0.1) is 0 Å². The van der Waals surface area contributed by atoms with Crippen molar-refractivity contribution in [1.29, 1.82) is 0 Å². The van der Waals surface area contributed by atoms with E-state index in [1.165, 1.54) is 6.07 Å². The van der Waals surface area contributed by atoms with E-state index in [4.69, 9.17) is 0 Å². The third-order valence-corrected chi connectivity index (χ3v) is 3.66. The van der Waals surface area contributed by atoms with E-state index in [1.807, 2.05) is 0 Å². The molecule has 1 fully saturated rings. The highest BCUT2D eigenvalue weighted by molar-refractivity contribution is 5.92. The second-order valence-corrected chi connectivity index (χ2v) is 5.11. The lowest BCUT2D eigenvalue weighted by molar-refractivity contribution is -0.122. The Morgan fingerprint density at radius 2 is 2.15 bits per heavy atom. The summed E-state index contributed by atoms with van der Waals surface area (Å²) in [4.78, 5) is 11.8. The van der Waals surface area contributed by atoms with Gasteiger partial charge in [0.05, 0.1) is 6.54 Å². The number of benzene rings is 1. The van der Waals surface area contributed by atoms with Gasteiger partial charge in [-0.25, -0.2) is 4.39 Å². The number of aromatic nitrogens is 2. The van der Waals surface area contributed by atoms with Crippen molar-refractivity contribution in [2.24, 2.45) is 5.92 Å². The Bertz CT molecular complexity index is 619. The lowest BCUT2D eigenvalue weighted by Crippen LogP contribution is -2.28. The Morgan fingerprint density at radius 1 is 1.35 bits per heavy atom. The van der Waals surface area contributed by atoms with Crippen molar-refractivity contribution < 1.29 is 9.18 Å². The molecule has 1 saturated carbocycles. The third-order valence-electron chi connectivity index (χ3n) is 3.66. The Morgan fingerprint density at radius 3 is 2.85 bits per heavy atom. The summed E-state index contributed by atoms with van der Waals surface area (Å²) >= 11 is 0. The molecule has 1 aliphatic carbocycles. The topological polar surface area (TPSA) is 46.9 Å². The number of carbonyl (C=O) groups excluding carboxylic acids is 1. The Hall–Kier alpha value is -2.17. The first-order valence-electron chi connectivity index (χ1n) is 6.80. The van der Waals surface area contributed by atoms with Crippen molar-refractivity contribution in [2.75, 3.05) is 5.32 Å². The highest BCUT2D eigenvalue weighted by Crippen LogP contribution is 2.27. The highest BCUT2D eigenvalue weighted by Gasteiger charge is 2.25. The van der Waals surface area contributed by atoms with Gasteiger partial charge in [0.1, 0.15) is 5.82 Å². The van der Waals surface area contributed by atoms with Crippen molar-refractivity contribution in [1.82, 2.24) is 9.78 Å². The van der Waals surface area contributed by atoms with Crippen LogP contribution in [0.5, 0.6) is 0 Å². The number of hydrogen-bond donors (Lipinski definition) is 1. The molecule has 1 aromatic heterocycles. The minimum atomic E-state index is -0.247. The lowest BCUT2D eigenvalue weighted by atomic mass is 9.85. The standard InChI is InChI=1S/C15H16FN3O/c16-13-7-2-1-4-12(13)10-19-9-8-14(18-19)17-15(20)11-5-3-6-11/h1-2,4,7-9,11H,3,5-6,10H2,(H,17,18,20). The zero-order valence-corrected chi connectivity index (χ0v) is 11.1. The molecule has 20 heavy (non-hydrogen) atoms. The largest absolute Gasteiger partial charge is 0.309 e. The van der Waals surface area contributed by atoms with Crippen molar-refractivity contribution >= 4 is 11.7 Å². The fourth-order valence-corrected chi connectivity index (χ4v) is 2.22. The van der Waals surface area contributed by atoms with Gasteiger partial charge >= 0.3 is 0 Å². The Kier molecular flexibility index (Phi) is 3.50. The molecule has 1 aliphatic rings. The van der Waals surface area contributed by atoms with Crippen LogP contribution in [0.1, 0.15) is 24.8 Å². The summed E-state index contributed by atoms with van der Waals surface area (Å²) in [5.74, 6) is 0.445. The van der Waals surface area contributed by atoms with Gasteiger partial charge in [0, 0.05) is 23.7 Å². The fourth-order valence-electron chi connectivity index (χ4n) is 2.22. The fraction of sp³-hybridized carbons (Fsp3) is 0.333. The van der Waals surface area contributed by atoms with Gasteiger partial charge in [-0.2, -0.15) is 5.10 Å². The van der Waals surface area contributed by atoms with Gasteiger partial charge in [-0.1, -0.05) is 24.6 Å². The van der Waals surface area contributed by atoms with Crippen molar-refractivity contribution in [3.05, 3.63) is 47.9 Å². The SMILES string of the molecule is O=C(Nc1ccn(Cc2ccccc2F)n1)C1CCC1. The first-order valence-corrected chi connectivity index (χ1v) is 6.80. The molecule has 5 heteroatoms. The van der Waals surface area contributed by atoms with Gasteiger partial charge in [0.15, 0.2) is 5.82 Å². The monoisotopic (exact) mass is 273 g/mol. The molecule has 0 bridgehead atoms. The van der Waals surface area contributed by atoms with Crippen LogP contribution in [0.15, 0.2) is 36.5 Å². The quantitative estimate of drug-likeness (QED) is 0.931. The van der Waals surface area contributed by atoms with Gasteiger partial charge in [0.25, 0.3) is 0 Å². The van der Waals surface area contributed by atoms with Crippen LogP contribution in [-0.4, -0.2) is 15.7 Å². The summed E-state index contributed by atoms with van der Waals surface area (Å²) < 4.78 is 15.2. The zero-order valence-electron chi connectivity index (χ0n) is 11.1. The van der Waals surface area contributed by atoms with Gasteiger partial charge in [-0.3, -0.25) is 9.48 Å². The molecule has 1 N–H and O–H groups in total. The molecule has 1 amide bonds. The van der Waals surface area contributed by atoms with Crippen LogP contribution < -0.4 is 5.32 Å². The summed E-state index contributed by atoms with van der Waals surface area (Å²) in [6, 6.07) is 8.34. The molecule has 2 aromatic rings. The van der Waals surface area contributed by atoms with Gasteiger partial charge < -0.3 is 5.32 Å². The number of nitrogens with one attached hydrogen (secondary N) is 1. The second-order valence-electron chi connectivity index (χ2n) is 5.11. The van der Waals surface area contributed by atoms with E-state index >= 15 is 0 Å². The van der Waals surface area contributed by atoms with E-state index in [2.05, 4.69) is 10.4 Å². The molecule has 1 aromatic carbocycles. The van der Waals surface area contributed by atoms with Crippen LogP contribution >= 0.6 is 0 Å². The lowest BCUT2D eigenvalue weighted by Gasteiger charge is -2.23. The maximum Gasteiger partial charge on any atom is 0.228 e. The van der Waals surface area contributed by atoms with E-state index in [1.54, 1.807) is 35.1 Å². The summed E-state index contributed by atoms with van der Waals surface area (Å²) in [6.07, 6.45) is 4.78. The number of halogens is 1. The molecule has 104 valence electrons. The van der Waals surface area contributed by atoms with Crippen LogP contribution in [0.2, 0.25) is 0 Å². The molecule has 0 atom stereocenters. The molecular weight excluding hydrogens is 257 g/mol. The van der Waals surface area contributed by atoms with Crippen LogP contribution in [0.25, 0.3) is 0 Å². The van der Waals surface area contributed by atoms with Crippen molar-refractivity contribution in [3.8, 4) is 0 Å². The number of rotatable bonds is 4. The molecule has 0 saturated heterocycles. The number of anilines is 1. The summed E-state index contributed by atoms with van der Waals surface area (Å²) in [6.45, 7) is 0.353. The molecule has 0 aliphatic heterocycles. The van der Waals surface area contributed by atoms with Crippen LogP contribution in [0.4, 0.5) is 10.2 Å². The molecule has 0 spiro atoms. The summed E-state index contributed by atoms with van der Waals surface area (Å²) in [5, 5.41) is 7.05. The van der Waals surface area contributed by atoms with Crippen LogP contribution in [0.3, 0.4) is 0 Å². The van der Waals surface area contributed by atoms with Gasteiger partial charge in [0.2, 0.25) is 5.91 Å². The molecule has 0 radical (unpaired) electrons. The van der Waals surface area contributed by atoms with Crippen molar-refractivity contribution in [2.45, 2.75) is 25.8 Å².